The number of ether oxygens (including phenoxy) is 2. The summed E-state index contributed by atoms with van der Waals surface area (Å²) in [7, 11) is 0. The Kier molecular flexibility index (Phi) is 8.01. The standard InChI is InChI=1S/C21H22N4O5S2/c1-4-29-21(28)16-13(8-12(2)3)10-31-18(16)25-15(26)9-30-20(27)14-11-32-19(24-14)17-22-6-5-7-23-17/h5-7,10-12H,4,8-9H2,1-3H3,(H,25,26). The van der Waals surface area contributed by atoms with Crippen LogP contribution in [0.1, 0.15) is 47.2 Å². The van der Waals surface area contributed by atoms with E-state index in [9.17, 15) is 14.4 Å². The number of carbonyl (C=O) groups excluding carboxylic acids is 3. The van der Waals surface area contributed by atoms with Crippen molar-refractivity contribution in [2.75, 3.05) is 18.5 Å². The number of rotatable bonds is 9. The summed E-state index contributed by atoms with van der Waals surface area (Å²) in [5.41, 5.74) is 1.22. The van der Waals surface area contributed by atoms with Gasteiger partial charge in [-0.1, -0.05) is 13.8 Å². The van der Waals surface area contributed by atoms with Crippen molar-refractivity contribution >= 4 is 45.5 Å². The van der Waals surface area contributed by atoms with Gasteiger partial charge in [0.2, 0.25) is 0 Å². The first-order chi connectivity index (χ1) is 15.4. The van der Waals surface area contributed by atoms with E-state index < -0.39 is 24.5 Å². The zero-order valence-electron chi connectivity index (χ0n) is 17.8. The molecule has 3 heterocycles. The van der Waals surface area contributed by atoms with Crippen LogP contribution in [0.2, 0.25) is 0 Å². The first-order valence-corrected chi connectivity index (χ1v) is 11.6. The lowest BCUT2D eigenvalue weighted by Crippen LogP contribution is -2.22. The number of nitrogens with one attached hydrogen (secondary N) is 1. The average Bonchev–Trinajstić information content (AvgIpc) is 3.40. The molecule has 0 saturated carbocycles. The molecule has 0 unspecified atom stereocenters. The summed E-state index contributed by atoms with van der Waals surface area (Å²) < 4.78 is 10.2. The Morgan fingerprint density at radius 2 is 1.81 bits per heavy atom. The molecule has 0 aliphatic heterocycles. The topological polar surface area (TPSA) is 120 Å². The van der Waals surface area contributed by atoms with E-state index in [0.29, 0.717) is 33.7 Å². The Morgan fingerprint density at radius 1 is 1.06 bits per heavy atom. The molecule has 3 aromatic heterocycles. The van der Waals surface area contributed by atoms with Crippen LogP contribution in [-0.2, 0) is 20.7 Å². The minimum Gasteiger partial charge on any atom is -0.462 e. The normalized spacial score (nSPS) is 10.8. The largest absolute Gasteiger partial charge is 0.462 e. The maximum absolute atomic E-state index is 12.4. The van der Waals surface area contributed by atoms with Crippen molar-refractivity contribution in [2.45, 2.75) is 27.2 Å². The van der Waals surface area contributed by atoms with Crippen molar-refractivity contribution in [2.24, 2.45) is 5.92 Å². The van der Waals surface area contributed by atoms with Gasteiger partial charge in [0.15, 0.2) is 23.1 Å². The third-order valence-corrected chi connectivity index (χ3v) is 5.82. The molecular weight excluding hydrogens is 452 g/mol. The van der Waals surface area contributed by atoms with Crippen LogP contribution in [0.5, 0.6) is 0 Å². The second-order valence-electron chi connectivity index (χ2n) is 7.02. The van der Waals surface area contributed by atoms with Gasteiger partial charge in [0, 0.05) is 17.8 Å². The molecule has 0 aliphatic carbocycles. The lowest BCUT2D eigenvalue weighted by Gasteiger charge is -2.10. The smallest absolute Gasteiger partial charge is 0.358 e. The molecule has 0 bridgehead atoms. The van der Waals surface area contributed by atoms with E-state index in [1.807, 2.05) is 19.2 Å². The summed E-state index contributed by atoms with van der Waals surface area (Å²) >= 11 is 2.43. The minimum atomic E-state index is -0.740. The zero-order valence-corrected chi connectivity index (χ0v) is 19.4. The molecule has 168 valence electrons. The van der Waals surface area contributed by atoms with Crippen LogP contribution in [-0.4, -0.2) is 46.0 Å². The number of aromatic nitrogens is 3. The number of hydrogen-bond acceptors (Lipinski definition) is 10. The second kappa shape index (κ2) is 10.9. The summed E-state index contributed by atoms with van der Waals surface area (Å²) in [4.78, 5) is 49.4. The van der Waals surface area contributed by atoms with Crippen LogP contribution < -0.4 is 5.32 Å². The van der Waals surface area contributed by atoms with E-state index in [1.165, 1.54) is 28.1 Å². The molecule has 0 aliphatic rings. The van der Waals surface area contributed by atoms with Crippen LogP contribution >= 0.6 is 22.7 Å². The van der Waals surface area contributed by atoms with Gasteiger partial charge in [-0.15, -0.1) is 22.7 Å². The van der Waals surface area contributed by atoms with Gasteiger partial charge in [-0.25, -0.2) is 24.5 Å². The Hall–Kier alpha value is -3.18. The number of thiazole rings is 1. The van der Waals surface area contributed by atoms with Gasteiger partial charge >= 0.3 is 11.9 Å². The second-order valence-corrected chi connectivity index (χ2v) is 8.76. The van der Waals surface area contributed by atoms with E-state index in [-0.39, 0.29) is 12.3 Å². The molecule has 3 aromatic rings. The molecule has 32 heavy (non-hydrogen) atoms. The number of thiophene rings is 1. The summed E-state index contributed by atoms with van der Waals surface area (Å²) in [6.45, 7) is 5.51. The number of nitrogens with zero attached hydrogens (tertiary/aromatic N) is 3. The SMILES string of the molecule is CCOC(=O)c1c(CC(C)C)csc1NC(=O)COC(=O)c1csc(-c2ncccn2)n1. The predicted octanol–water partition coefficient (Wildman–Crippen LogP) is 3.83. The Balaban J connectivity index is 1.62. The highest BCUT2D eigenvalue weighted by Gasteiger charge is 2.23. The minimum absolute atomic E-state index is 0.0628. The number of anilines is 1. The van der Waals surface area contributed by atoms with Gasteiger partial charge in [0.05, 0.1) is 12.2 Å². The fraction of sp³-hybridized carbons (Fsp3) is 0.333. The highest BCUT2D eigenvalue weighted by Crippen LogP contribution is 2.31. The van der Waals surface area contributed by atoms with E-state index >= 15 is 0 Å². The maximum Gasteiger partial charge on any atom is 0.358 e. The third kappa shape index (κ3) is 5.95. The molecule has 11 heteroatoms. The van der Waals surface area contributed by atoms with E-state index in [4.69, 9.17) is 9.47 Å². The molecule has 1 N–H and O–H groups in total. The maximum atomic E-state index is 12.4. The van der Waals surface area contributed by atoms with Crippen LogP contribution in [0.25, 0.3) is 10.8 Å². The Morgan fingerprint density at radius 3 is 2.50 bits per heavy atom. The van der Waals surface area contributed by atoms with Gasteiger partial charge < -0.3 is 14.8 Å². The fourth-order valence-corrected chi connectivity index (χ4v) is 4.46. The van der Waals surface area contributed by atoms with Crippen molar-refractivity contribution < 1.29 is 23.9 Å². The molecule has 0 radical (unpaired) electrons. The van der Waals surface area contributed by atoms with Crippen LogP contribution in [0.15, 0.2) is 29.2 Å². The van der Waals surface area contributed by atoms with Gasteiger partial charge in [-0.2, -0.15) is 0 Å². The number of carbonyl (C=O) groups is 3. The van der Waals surface area contributed by atoms with Gasteiger partial charge in [0.25, 0.3) is 5.91 Å². The molecule has 9 nitrogen and oxygen atoms in total. The summed E-state index contributed by atoms with van der Waals surface area (Å²) in [6, 6.07) is 1.68. The molecule has 0 atom stereocenters. The lowest BCUT2D eigenvalue weighted by atomic mass is 10.0. The van der Waals surface area contributed by atoms with Gasteiger partial charge in [0.1, 0.15) is 5.00 Å². The van der Waals surface area contributed by atoms with E-state index in [2.05, 4.69) is 20.3 Å². The third-order valence-electron chi connectivity index (χ3n) is 4.03. The highest BCUT2D eigenvalue weighted by molar-refractivity contribution is 7.15. The molecule has 0 aromatic carbocycles. The predicted molar refractivity (Wildman–Crippen MR) is 121 cm³/mol. The quantitative estimate of drug-likeness (QED) is 0.465. The molecule has 0 spiro atoms. The lowest BCUT2D eigenvalue weighted by molar-refractivity contribution is -0.119. The highest BCUT2D eigenvalue weighted by atomic mass is 32.1. The van der Waals surface area contributed by atoms with Crippen LogP contribution in [0.4, 0.5) is 5.00 Å². The van der Waals surface area contributed by atoms with Gasteiger partial charge in [-0.05, 0) is 36.3 Å². The van der Waals surface area contributed by atoms with Crippen LogP contribution in [0, 0.1) is 5.92 Å². The monoisotopic (exact) mass is 474 g/mol. The van der Waals surface area contributed by atoms with Crippen molar-refractivity contribution in [1.82, 2.24) is 15.0 Å². The zero-order chi connectivity index (χ0) is 23.1. The first-order valence-electron chi connectivity index (χ1n) is 9.86. The molecule has 3 rings (SSSR count). The molecule has 0 saturated heterocycles. The molecule has 1 amide bonds. The molecule has 0 fully saturated rings. The number of amides is 1. The summed E-state index contributed by atoms with van der Waals surface area (Å²) in [6.07, 6.45) is 3.83. The van der Waals surface area contributed by atoms with Gasteiger partial charge in [-0.3, -0.25) is 4.79 Å². The van der Waals surface area contributed by atoms with Crippen molar-refractivity contribution in [1.29, 1.82) is 0 Å². The van der Waals surface area contributed by atoms with Crippen molar-refractivity contribution in [3.05, 3.63) is 46.0 Å². The number of esters is 2. The summed E-state index contributed by atoms with van der Waals surface area (Å²) in [5.74, 6) is -1.07. The fourth-order valence-electron chi connectivity index (χ4n) is 2.75. The summed E-state index contributed by atoms with van der Waals surface area (Å²) in [5, 5.41) is 6.83. The molecular formula is C21H22N4O5S2. The average molecular weight is 475 g/mol. The van der Waals surface area contributed by atoms with Crippen molar-refractivity contribution in [3.8, 4) is 10.8 Å². The van der Waals surface area contributed by atoms with E-state index in [0.717, 1.165) is 5.56 Å². The number of hydrogen-bond donors (Lipinski definition) is 1. The van der Waals surface area contributed by atoms with E-state index in [1.54, 1.807) is 25.4 Å². The van der Waals surface area contributed by atoms with Crippen molar-refractivity contribution in [3.63, 3.8) is 0 Å². The Bertz CT molecular complexity index is 1090. The van der Waals surface area contributed by atoms with Crippen LogP contribution in [0.3, 0.4) is 0 Å². The Labute approximate surface area is 192 Å². The first kappa shape index (κ1) is 23.5.